The largest absolute Gasteiger partial charge is 0.490 e. The van der Waals surface area contributed by atoms with Gasteiger partial charge in [-0.3, -0.25) is 24.2 Å². The highest BCUT2D eigenvalue weighted by atomic mass is 32.1. The van der Waals surface area contributed by atoms with Crippen LogP contribution in [0.4, 0.5) is 0 Å². The number of nitrogens with zero attached hydrogens (tertiary/aromatic N) is 6. The summed E-state index contributed by atoms with van der Waals surface area (Å²) in [4.78, 5) is 67.6. The van der Waals surface area contributed by atoms with Crippen LogP contribution in [0, 0.1) is 12.3 Å². The molecule has 5 heterocycles. The van der Waals surface area contributed by atoms with E-state index in [9.17, 15) is 24.3 Å². The van der Waals surface area contributed by atoms with Gasteiger partial charge in [0.2, 0.25) is 23.6 Å². The predicted molar refractivity (Wildman–Crippen MR) is 240 cm³/mol. The normalized spacial score (nSPS) is 15.5. The summed E-state index contributed by atoms with van der Waals surface area (Å²) in [5, 5.41) is 20.4. The van der Waals surface area contributed by atoms with Crippen molar-refractivity contribution in [1.82, 2.24) is 40.3 Å². The number of aryl methyl sites for hydroxylation is 2. The number of hydrogen-bond acceptors (Lipinski definition) is 15. The van der Waals surface area contributed by atoms with Crippen LogP contribution in [0.15, 0.2) is 87.6 Å². The van der Waals surface area contributed by atoms with Gasteiger partial charge in [-0.1, -0.05) is 45.0 Å². The number of aromatic nitrogens is 5. The number of carbonyl (C=O) groups is 3. The molecule has 3 N–H and O–H groups in total. The van der Waals surface area contributed by atoms with Crippen LogP contribution in [0.25, 0.3) is 33.1 Å². The molecule has 1 saturated heterocycles. The molecule has 1 aliphatic rings. The smallest absolute Gasteiger partial charge is 0.266 e. The van der Waals surface area contributed by atoms with Gasteiger partial charge in [-0.25, -0.2) is 14.6 Å². The average molecular weight is 909 g/mol. The van der Waals surface area contributed by atoms with Gasteiger partial charge in [-0.2, -0.15) is 5.10 Å². The van der Waals surface area contributed by atoms with E-state index < -0.39 is 35.4 Å². The predicted octanol–water partition coefficient (Wildman–Crippen LogP) is 4.22. The lowest BCUT2D eigenvalue weighted by Crippen LogP contribution is -2.58. The summed E-state index contributed by atoms with van der Waals surface area (Å²) in [6.45, 7) is 8.41. The second kappa shape index (κ2) is 21.0. The number of fused-ring (bicyclic) bond motifs is 1. The standard InChI is InChI=1S/C46H52N8O10S/c1-28-41(65-27-49-28)30-8-6-29(7-9-30)22-48-43(58)37-20-32(55)24-54(37)45(59)42(46(2,3)4)51-39(56)26-61-17-16-60-18-19-62-34-11-10-31(47-23-34)25-63-33-12-14-38-36(21-33)50-44(64-38)35-13-15-40(57)53(5)52-35/h6-15,21,23,27,32,37,42,55H,16-20,22,24-26H2,1-5H3,(H,48,58)(H,51,56)/t32-,37+,42?/m1/s1. The van der Waals surface area contributed by atoms with E-state index in [4.69, 9.17) is 23.4 Å². The van der Waals surface area contributed by atoms with Gasteiger partial charge in [0.1, 0.15) is 54.6 Å². The number of hydrogen-bond donors (Lipinski definition) is 3. The molecule has 6 aromatic rings. The molecular weight excluding hydrogens is 857 g/mol. The Bertz CT molecular complexity index is 2640. The molecule has 0 bridgehead atoms. The van der Waals surface area contributed by atoms with Crippen LogP contribution in [0.3, 0.4) is 0 Å². The van der Waals surface area contributed by atoms with Gasteiger partial charge >= 0.3 is 0 Å². The Labute approximate surface area is 378 Å². The number of amides is 3. The molecule has 1 unspecified atom stereocenters. The molecule has 18 nitrogen and oxygen atoms in total. The minimum absolute atomic E-state index is 0.0246. The number of nitrogens with one attached hydrogen (secondary N) is 2. The summed E-state index contributed by atoms with van der Waals surface area (Å²) in [5.74, 6) is 0.0900. The van der Waals surface area contributed by atoms with Gasteiger partial charge in [0.15, 0.2) is 5.58 Å². The lowest BCUT2D eigenvalue weighted by atomic mass is 9.85. The first-order chi connectivity index (χ1) is 31.2. The number of benzene rings is 2. The van der Waals surface area contributed by atoms with E-state index in [1.54, 1.807) is 61.0 Å². The van der Waals surface area contributed by atoms with Crippen molar-refractivity contribution < 1.29 is 42.9 Å². The fourth-order valence-corrected chi connectivity index (χ4v) is 7.86. The third kappa shape index (κ3) is 12.2. The number of likely N-dealkylation sites (tertiary alicyclic amines) is 1. The molecule has 0 aliphatic carbocycles. The lowest BCUT2D eigenvalue weighted by molar-refractivity contribution is -0.144. The van der Waals surface area contributed by atoms with Gasteiger partial charge in [-0.05, 0) is 53.8 Å². The number of pyridine rings is 1. The Hall–Kier alpha value is -6.54. The molecule has 1 aliphatic heterocycles. The van der Waals surface area contributed by atoms with Crippen LogP contribution in [-0.2, 0) is 44.1 Å². The quantitative estimate of drug-likeness (QED) is 0.0970. The molecule has 7 rings (SSSR count). The summed E-state index contributed by atoms with van der Waals surface area (Å²) in [6, 6.07) is 17.8. The second-order valence-electron chi connectivity index (χ2n) is 16.6. The number of rotatable bonds is 19. The average Bonchev–Trinajstić information content (AvgIpc) is 4.03. The summed E-state index contributed by atoms with van der Waals surface area (Å²) in [5.41, 5.74) is 6.02. The summed E-state index contributed by atoms with van der Waals surface area (Å²) in [6.07, 6.45) is 0.805. The Morgan fingerprint density at radius 1 is 0.954 bits per heavy atom. The Morgan fingerprint density at radius 3 is 2.45 bits per heavy atom. The zero-order valence-corrected chi connectivity index (χ0v) is 37.6. The monoisotopic (exact) mass is 908 g/mol. The summed E-state index contributed by atoms with van der Waals surface area (Å²) >= 11 is 1.57. The highest BCUT2D eigenvalue weighted by molar-refractivity contribution is 7.13. The molecule has 1 fully saturated rings. The van der Waals surface area contributed by atoms with Gasteiger partial charge in [0, 0.05) is 38.7 Å². The molecule has 0 radical (unpaired) electrons. The summed E-state index contributed by atoms with van der Waals surface area (Å²) in [7, 11) is 1.56. The number of oxazole rings is 1. The molecule has 65 heavy (non-hydrogen) atoms. The van der Waals surface area contributed by atoms with Crippen LogP contribution in [-0.4, -0.2) is 110 Å². The molecule has 19 heteroatoms. The maximum absolute atomic E-state index is 13.9. The van der Waals surface area contributed by atoms with E-state index in [1.807, 2.05) is 57.5 Å². The molecule has 4 aromatic heterocycles. The molecule has 342 valence electrons. The number of thiazole rings is 1. The van der Waals surface area contributed by atoms with E-state index in [-0.39, 0.29) is 70.6 Å². The van der Waals surface area contributed by atoms with Crippen molar-refractivity contribution in [2.24, 2.45) is 12.5 Å². The SMILES string of the molecule is Cc1ncsc1-c1ccc(CNC(=O)[C@@H]2C[C@@H](O)CN2C(=O)C(NC(=O)COCCOCCOc2ccc(COc3ccc4oc(-c5ccc(=O)n(C)n5)nc4c3)nc2)C(C)(C)C)cc1. The fraction of sp³-hybridized carbons (Fsp3) is 0.391. The van der Waals surface area contributed by atoms with Crippen molar-refractivity contribution in [1.29, 1.82) is 0 Å². The van der Waals surface area contributed by atoms with Gasteiger partial charge < -0.3 is 44.0 Å². The molecule has 2 aromatic carbocycles. The third-order valence-electron chi connectivity index (χ3n) is 10.5. The van der Waals surface area contributed by atoms with Gasteiger partial charge in [0.25, 0.3) is 5.56 Å². The Morgan fingerprint density at radius 2 is 1.72 bits per heavy atom. The summed E-state index contributed by atoms with van der Waals surface area (Å²) < 4.78 is 29.8. The van der Waals surface area contributed by atoms with Crippen LogP contribution < -0.4 is 25.7 Å². The number of β-amino-alcohol motifs (C(OH)–C–C–N with tert-alkyl or cyclic N) is 1. The number of ether oxygens (including phenoxy) is 4. The first kappa shape index (κ1) is 46.5. The van der Waals surface area contributed by atoms with Gasteiger partial charge in [0.05, 0.1) is 53.9 Å². The first-order valence-electron chi connectivity index (χ1n) is 21.1. The van der Waals surface area contributed by atoms with Crippen molar-refractivity contribution in [2.45, 2.75) is 65.5 Å². The maximum atomic E-state index is 13.9. The number of carbonyl (C=O) groups excluding carboxylic acids is 3. The van der Waals surface area contributed by atoms with E-state index in [1.165, 1.54) is 15.6 Å². The van der Waals surface area contributed by atoms with E-state index in [2.05, 4.69) is 30.7 Å². The maximum Gasteiger partial charge on any atom is 0.266 e. The minimum Gasteiger partial charge on any atom is -0.490 e. The van der Waals surface area contributed by atoms with Crippen molar-refractivity contribution in [3.63, 3.8) is 0 Å². The van der Waals surface area contributed by atoms with Crippen molar-refractivity contribution in [2.75, 3.05) is 39.6 Å². The molecule has 0 saturated carbocycles. The van der Waals surface area contributed by atoms with Crippen LogP contribution in [0.5, 0.6) is 11.5 Å². The first-order valence-corrected chi connectivity index (χ1v) is 22.0. The Balaban J connectivity index is 0.783. The molecule has 0 spiro atoms. The van der Waals surface area contributed by atoms with Crippen molar-refractivity contribution in [3.8, 4) is 33.5 Å². The number of aliphatic hydroxyl groups excluding tert-OH is 1. The fourth-order valence-electron chi connectivity index (χ4n) is 7.05. The minimum atomic E-state index is -0.977. The van der Waals surface area contributed by atoms with Gasteiger partial charge in [-0.15, -0.1) is 11.3 Å². The molecular formula is C46H52N8O10S. The zero-order chi connectivity index (χ0) is 46.1. The highest BCUT2D eigenvalue weighted by Crippen LogP contribution is 2.29. The van der Waals surface area contributed by atoms with Crippen LogP contribution in [0.2, 0.25) is 0 Å². The zero-order valence-electron chi connectivity index (χ0n) is 36.8. The molecule has 3 atom stereocenters. The van der Waals surface area contributed by atoms with Crippen LogP contribution in [0.1, 0.15) is 44.1 Å². The van der Waals surface area contributed by atoms with Crippen LogP contribution >= 0.6 is 11.3 Å². The highest BCUT2D eigenvalue weighted by Gasteiger charge is 2.44. The second-order valence-corrected chi connectivity index (χ2v) is 17.4. The Kier molecular flexibility index (Phi) is 15.0. The lowest BCUT2D eigenvalue weighted by Gasteiger charge is -2.35. The van der Waals surface area contributed by atoms with Crippen molar-refractivity contribution >= 4 is 40.2 Å². The molecule has 3 amide bonds. The number of aliphatic hydroxyl groups is 1. The third-order valence-corrected chi connectivity index (χ3v) is 11.5. The van der Waals surface area contributed by atoms with E-state index >= 15 is 0 Å². The van der Waals surface area contributed by atoms with Crippen molar-refractivity contribution in [3.05, 3.63) is 106 Å². The van der Waals surface area contributed by atoms with E-state index in [0.29, 0.717) is 39.9 Å². The topological polar surface area (TPSA) is 222 Å². The van der Waals surface area contributed by atoms with E-state index in [0.717, 1.165) is 21.7 Å².